The zero-order valence-electron chi connectivity index (χ0n) is 13.5. The van der Waals surface area contributed by atoms with Crippen LogP contribution in [0.3, 0.4) is 0 Å². The van der Waals surface area contributed by atoms with Crippen molar-refractivity contribution in [1.29, 1.82) is 10.8 Å². The smallest absolute Gasteiger partial charge is 0.221 e. The maximum absolute atomic E-state index is 8.34. The van der Waals surface area contributed by atoms with Crippen molar-refractivity contribution < 1.29 is 4.74 Å². The van der Waals surface area contributed by atoms with Crippen molar-refractivity contribution >= 4 is 33.3 Å². The van der Waals surface area contributed by atoms with Crippen LogP contribution < -0.4 is 0 Å². The standard InChI is InChI=1S/C22H16N2O/c23-21(19-13-5-9-15-7-1-3-11-17(15)19)25-22(24)20-14-6-10-16-8-2-4-12-18(16)20/h1-14,23-24H. The van der Waals surface area contributed by atoms with E-state index in [1.807, 2.05) is 84.9 Å². The molecule has 3 nitrogen and oxygen atoms in total. The van der Waals surface area contributed by atoms with Gasteiger partial charge >= 0.3 is 0 Å². The first kappa shape index (κ1) is 15.1. The van der Waals surface area contributed by atoms with Gasteiger partial charge in [-0.05, 0) is 33.7 Å². The highest BCUT2D eigenvalue weighted by Crippen LogP contribution is 2.22. The molecular formula is C22H16N2O. The first-order valence-electron chi connectivity index (χ1n) is 8.05. The highest BCUT2D eigenvalue weighted by molar-refractivity contribution is 6.14. The largest absolute Gasteiger partial charge is 0.421 e. The zero-order valence-corrected chi connectivity index (χ0v) is 13.5. The molecule has 0 atom stereocenters. The van der Waals surface area contributed by atoms with E-state index < -0.39 is 0 Å². The number of hydrogen-bond acceptors (Lipinski definition) is 3. The number of hydrogen-bond donors (Lipinski definition) is 2. The highest BCUT2D eigenvalue weighted by Gasteiger charge is 2.13. The van der Waals surface area contributed by atoms with Gasteiger partial charge in [0.1, 0.15) is 0 Å². The predicted molar refractivity (Wildman–Crippen MR) is 103 cm³/mol. The third-order valence-corrected chi connectivity index (χ3v) is 4.27. The van der Waals surface area contributed by atoms with Crippen LogP contribution >= 0.6 is 0 Å². The minimum atomic E-state index is -0.0188. The Bertz CT molecular complexity index is 1020. The molecule has 0 aliphatic rings. The second kappa shape index (κ2) is 6.21. The van der Waals surface area contributed by atoms with Gasteiger partial charge in [0.05, 0.1) is 0 Å². The Labute approximate surface area is 145 Å². The van der Waals surface area contributed by atoms with Crippen LogP contribution in [0.15, 0.2) is 84.9 Å². The van der Waals surface area contributed by atoms with E-state index in [2.05, 4.69) is 0 Å². The molecule has 0 radical (unpaired) electrons. The third kappa shape index (κ3) is 2.76. The monoisotopic (exact) mass is 324 g/mol. The molecule has 0 aromatic heterocycles. The van der Waals surface area contributed by atoms with Crippen LogP contribution in [0.1, 0.15) is 11.1 Å². The summed E-state index contributed by atoms with van der Waals surface area (Å²) in [6.07, 6.45) is 0. The van der Waals surface area contributed by atoms with Crippen LogP contribution in [0.2, 0.25) is 0 Å². The molecule has 25 heavy (non-hydrogen) atoms. The van der Waals surface area contributed by atoms with Gasteiger partial charge in [-0.3, -0.25) is 10.8 Å². The van der Waals surface area contributed by atoms with E-state index in [1.165, 1.54) is 0 Å². The summed E-state index contributed by atoms with van der Waals surface area (Å²) in [6, 6.07) is 27.2. The van der Waals surface area contributed by atoms with Gasteiger partial charge in [-0.2, -0.15) is 0 Å². The number of fused-ring (bicyclic) bond motifs is 2. The zero-order chi connectivity index (χ0) is 17.2. The average Bonchev–Trinajstić information content (AvgIpc) is 2.67. The molecule has 0 spiro atoms. The molecule has 0 fully saturated rings. The topological polar surface area (TPSA) is 56.9 Å². The van der Waals surface area contributed by atoms with Crippen LogP contribution in [0.5, 0.6) is 0 Å². The second-order valence-corrected chi connectivity index (χ2v) is 5.81. The van der Waals surface area contributed by atoms with Crippen molar-refractivity contribution in [3.05, 3.63) is 96.1 Å². The van der Waals surface area contributed by atoms with E-state index in [9.17, 15) is 0 Å². The second-order valence-electron chi connectivity index (χ2n) is 5.81. The molecule has 0 amide bonds. The molecule has 2 N–H and O–H groups in total. The molecule has 0 aliphatic heterocycles. The summed E-state index contributed by atoms with van der Waals surface area (Å²) < 4.78 is 5.61. The fourth-order valence-corrected chi connectivity index (χ4v) is 3.06. The lowest BCUT2D eigenvalue weighted by atomic mass is 10.0. The SMILES string of the molecule is N=C(OC(=N)c1cccc2ccccc12)c1cccc2ccccc12. The van der Waals surface area contributed by atoms with Gasteiger partial charge < -0.3 is 4.74 Å². The summed E-state index contributed by atoms with van der Waals surface area (Å²) in [5, 5.41) is 20.7. The van der Waals surface area contributed by atoms with Crippen molar-refractivity contribution in [3.8, 4) is 0 Å². The predicted octanol–water partition coefficient (Wildman–Crippen LogP) is 5.36. The van der Waals surface area contributed by atoms with Crippen LogP contribution in [0.25, 0.3) is 21.5 Å². The van der Waals surface area contributed by atoms with Crippen molar-refractivity contribution in [2.24, 2.45) is 0 Å². The van der Waals surface area contributed by atoms with E-state index >= 15 is 0 Å². The van der Waals surface area contributed by atoms with Crippen molar-refractivity contribution in [2.45, 2.75) is 0 Å². The number of rotatable bonds is 2. The highest BCUT2D eigenvalue weighted by atomic mass is 16.5. The number of benzene rings is 4. The molecule has 120 valence electrons. The van der Waals surface area contributed by atoms with Crippen LogP contribution in [-0.2, 0) is 4.74 Å². The van der Waals surface area contributed by atoms with Gasteiger partial charge in [0.25, 0.3) is 0 Å². The molecular weight excluding hydrogens is 308 g/mol. The van der Waals surface area contributed by atoms with Crippen molar-refractivity contribution in [2.75, 3.05) is 0 Å². The van der Waals surface area contributed by atoms with Crippen LogP contribution in [0.4, 0.5) is 0 Å². The maximum Gasteiger partial charge on any atom is 0.221 e. The Morgan fingerprint density at radius 2 is 0.920 bits per heavy atom. The van der Waals surface area contributed by atoms with Crippen molar-refractivity contribution in [1.82, 2.24) is 0 Å². The molecule has 4 rings (SSSR count). The Morgan fingerprint density at radius 3 is 1.40 bits per heavy atom. The summed E-state index contributed by atoms with van der Waals surface area (Å²) in [5.74, 6) is -0.0375. The fourth-order valence-electron chi connectivity index (χ4n) is 3.06. The molecule has 0 heterocycles. The van der Waals surface area contributed by atoms with E-state index in [4.69, 9.17) is 15.6 Å². The minimum Gasteiger partial charge on any atom is -0.421 e. The molecule has 0 saturated carbocycles. The van der Waals surface area contributed by atoms with E-state index in [-0.39, 0.29) is 11.8 Å². The van der Waals surface area contributed by atoms with Crippen molar-refractivity contribution in [3.63, 3.8) is 0 Å². The van der Waals surface area contributed by atoms with Gasteiger partial charge in [0, 0.05) is 11.1 Å². The summed E-state index contributed by atoms with van der Waals surface area (Å²) >= 11 is 0. The summed E-state index contributed by atoms with van der Waals surface area (Å²) in [4.78, 5) is 0. The molecule has 3 heteroatoms. The molecule has 0 bridgehead atoms. The first-order chi connectivity index (χ1) is 12.2. The number of ether oxygens (including phenoxy) is 1. The molecule has 0 saturated heterocycles. The maximum atomic E-state index is 8.34. The van der Waals surface area contributed by atoms with Crippen LogP contribution in [0, 0.1) is 10.8 Å². The van der Waals surface area contributed by atoms with E-state index in [1.54, 1.807) is 0 Å². The van der Waals surface area contributed by atoms with Gasteiger partial charge in [0.2, 0.25) is 11.8 Å². The molecule has 0 aliphatic carbocycles. The lowest BCUT2D eigenvalue weighted by molar-refractivity contribution is 0.539. The van der Waals surface area contributed by atoms with Crippen LogP contribution in [-0.4, -0.2) is 11.8 Å². The van der Waals surface area contributed by atoms with E-state index in [0.29, 0.717) is 11.1 Å². The minimum absolute atomic E-state index is 0.0188. The average molecular weight is 324 g/mol. The lowest BCUT2D eigenvalue weighted by Crippen LogP contribution is -2.13. The Kier molecular flexibility index (Phi) is 3.75. The van der Waals surface area contributed by atoms with Gasteiger partial charge in [-0.25, -0.2) is 0 Å². The molecule has 4 aromatic carbocycles. The summed E-state index contributed by atoms with van der Waals surface area (Å²) in [5.41, 5.74) is 1.37. The third-order valence-electron chi connectivity index (χ3n) is 4.27. The van der Waals surface area contributed by atoms with E-state index in [0.717, 1.165) is 21.5 Å². The Morgan fingerprint density at radius 1 is 0.520 bits per heavy atom. The normalized spacial score (nSPS) is 10.7. The lowest BCUT2D eigenvalue weighted by Gasteiger charge is -2.12. The quantitative estimate of drug-likeness (QED) is 0.378. The summed E-state index contributed by atoms with van der Waals surface area (Å²) in [6.45, 7) is 0. The van der Waals surface area contributed by atoms with Gasteiger partial charge in [-0.15, -0.1) is 0 Å². The van der Waals surface area contributed by atoms with Gasteiger partial charge in [0.15, 0.2) is 0 Å². The van der Waals surface area contributed by atoms with Gasteiger partial charge in [-0.1, -0.05) is 72.8 Å². The molecule has 0 unspecified atom stereocenters. The number of nitrogens with one attached hydrogen (secondary N) is 2. The Balaban J connectivity index is 1.69. The fraction of sp³-hybridized carbons (Fsp3) is 0. The summed E-state index contributed by atoms with van der Waals surface area (Å²) in [7, 11) is 0. The first-order valence-corrected chi connectivity index (χ1v) is 8.05. The molecule has 4 aromatic rings. The Hall–Kier alpha value is -3.46.